The van der Waals surface area contributed by atoms with Crippen molar-refractivity contribution in [3.63, 3.8) is 0 Å². The first-order chi connectivity index (χ1) is 7.48. The minimum Gasteiger partial charge on any atom is -0.229 e. The summed E-state index contributed by atoms with van der Waals surface area (Å²) in [6.07, 6.45) is -3.49. The standard InChI is InChI=1S/C10H6F4N2/c11-7-2-1-3-8(6-7)16-9(4-5-15-16)10(12,13)14/h1-6H. The van der Waals surface area contributed by atoms with Crippen LogP contribution < -0.4 is 0 Å². The van der Waals surface area contributed by atoms with Crippen molar-refractivity contribution in [3.05, 3.63) is 48.0 Å². The van der Waals surface area contributed by atoms with E-state index in [1.165, 1.54) is 12.1 Å². The van der Waals surface area contributed by atoms with E-state index in [9.17, 15) is 17.6 Å². The van der Waals surface area contributed by atoms with Gasteiger partial charge in [0.05, 0.1) is 11.9 Å². The Morgan fingerprint density at radius 2 is 1.88 bits per heavy atom. The Bertz CT molecular complexity index is 502. The highest BCUT2D eigenvalue weighted by atomic mass is 19.4. The molecule has 6 heteroatoms. The van der Waals surface area contributed by atoms with E-state index in [0.29, 0.717) is 4.68 Å². The molecule has 0 amide bonds. The topological polar surface area (TPSA) is 17.8 Å². The molecule has 2 aromatic rings. The Labute approximate surface area is 88.1 Å². The third kappa shape index (κ3) is 1.91. The molecule has 0 unspecified atom stereocenters. The average molecular weight is 230 g/mol. The number of benzene rings is 1. The van der Waals surface area contributed by atoms with Crippen LogP contribution in [0.1, 0.15) is 5.69 Å². The van der Waals surface area contributed by atoms with Crippen molar-refractivity contribution >= 4 is 0 Å². The summed E-state index contributed by atoms with van der Waals surface area (Å²) < 4.78 is 51.1. The molecule has 1 aromatic heterocycles. The third-order valence-corrected chi connectivity index (χ3v) is 1.99. The summed E-state index contributed by atoms with van der Waals surface area (Å²) in [5.41, 5.74) is -0.893. The molecule has 2 nitrogen and oxygen atoms in total. The molecule has 1 aromatic carbocycles. The highest BCUT2D eigenvalue weighted by molar-refractivity contribution is 5.33. The van der Waals surface area contributed by atoms with Gasteiger partial charge in [0.2, 0.25) is 0 Å². The van der Waals surface area contributed by atoms with Gasteiger partial charge in [-0.15, -0.1) is 0 Å². The molecule has 0 bridgehead atoms. The molecule has 0 saturated carbocycles. The molecule has 0 atom stereocenters. The molecule has 0 aliphatic rings. The van der Waals surface area contributed by atoms with Gasteiger partial charge in [0.15, 0.2) is 0 Å². The first-order valence-corrected chi connectivity index (χ1v) is 4.35. The lowest BCUT2D eigenvalue weighted by molar-refractivity contribution is -0.142. The van der Waals surface area contributed by atoms with E-state index < -0.39 is 17.7 Å². The van der Waals surface area contributed by atoms with Crippen molar-refractivity contribution in [1.82, 2.24) is 9.78 Å². The lowest BCUT2D eigenvalue weighted by Crippen LogP contribution is -2.13. The second-order valence-electron chi connectivity index (χ2n) is 3.11. The number of rotatable bonds is 1. The normalized spacial score (nSPS) is 11.8. The molecular formula is C10H6F4N2. The third-order valence-electron chi connectivity index (χ3n) is 1.99. The number of halogens is 4. The van der Waals surface area contributed by atoms with E-state index in [-0.39, 0.29) is 5.69 Å². The molecule has 2 rings (SSSR count). The number of hydrogen-bond acceptors (Lipinski definition) is 1. The zero-order valence-electron chi connectivity index (χ0n) is 7.87. The van der Waals surface area contributed by atoms with Crippen LogP contribution in [-0.2, 0) is 6.18 Å². The molecular weight excluding hydrogens is 224 g/mol. The van der Waals surface area contributed by atoms with Gasteiger partial charge in [0.1, 0.15) is 11.5 Å². The highest BCUT2D eigenvalue weighted by Gasteiger charge is 2.35. The Hall–Kier alpha value is -1.85. The maximum atomic E-state index is 12.9. The van der Waals surface area contributed by atoms with Gasteiger partial charge in [-0.3, -0.25) is 0 Å². The van der Waals surface area contributed by atoms with E-state index in [0.717, 1.165) is 24.4 Å². The first-order valence-electron chi connectivity index (χ1n) is 4.35. The smallest absolute Gasteiger partial charge is 0.229 e. The average Bonchev–Trinajstić information content (AvgIpc) is 2.65. The fourth-order valence-corrected chi connectivity index (χ4v) is 1.33. The van der Waals surface area contributed by atoms with Crippen LogP contribution in [0.4, 0.5) is 17.6 Å². The maximum Gasteiger partial charge on any atom is 0.433 e. The number of aromatic nitrogens is 2. The zero-order valence-corrected chi connectivity index (χ0v) is 7.87. The Morgan fingerprint density at radius 1 is 1.12 bits per heavy atom. The molecule has 0 spiro atoms. The van der Waals surface area contributed by atoms with Crippen LogP contribution in [0.2, 0.25) is 0 Å². The van der Waals surface area contributed by atoms with Crippen molar-refractivity contribution in [2.75, 3.05) is 0 Å². The van der Waals surface area contributed by atoms with Gasteiger partial charge in [-0.2, -0.15) is 18.3 Å². The molecule has 0 saturated heterocycles. The molecule has 0 radical (unpaired) electrons. The van der Waals surface area contributed by atoms with Crippen LogP contribution in [0.25, 0.3) is 5.69 Å². The second-order valence-corrected chi connectivity index (χ2v) is 3.11. The fourth-order valence-electron chi connectivity index (χ4n) is 1.33. The Morgan fingerprint density at radius 3 is 2.50 bits per heavy atom. The zero-order chi connectivity index (χ0) is 11.8. The molecule has 1 heterocycles. The van der Waals surface area contributed by atoms with Crippen molar-refractivity contribution in [2.24, 2.45) is 0 Å². The Kier molecular flexibility index (Phi) is 2.41. The summed E-state index contributed by atoms with van der Waals surface area (Å²) in [4.78, 5) is 0. The van der Waals surface area contributed by atoms with Crippen molar-refractivity contribution in [2.45, 2.75) is 6.18 Å². The monoisotopic (exact) mass is 230 g/mol. The van der Waals surface area contributed by atoms with Crippen LogP contribution in [0.5, 0.6) is 0 Å². The van der Waals surface area contributed by atoms with Crippen LogP contribution in [0.3, 0.4) is 0 Å². The summed E-state index contributed by atoms with van der Waals surface area (Å²) in [6.45, 7) is 0. The van der Waals surface area contributed by atoms with Crippen molar-refractivity contribution < 1.29 is 17.6 Å². The van der Waals surface area contributed by atoms with E-state index in [2.05, 4.69) is 5.10 Å². The summed E-state index contributed by atoms with van der Waals surface area (Å²) in [6, 6.07) is 5.66. The van der Waals surface area contributed by atoms with Gasteiger partial charge < -0.3 is 0 Å². The second kappa shape index (κ2) is 3.62. The van der Waals surface area contributed by atoms with E-state index in [1.807, 2.05) is 0 Å². The van der Waals surface area contributed by atoms with Crippen LogP contribution in [0, 0.1) is 5.82 Å². The molecule has 16 heavy (non-hydrogen) atoms. The van der Waals surface area contributed by atoms with Gasteiger partial charge >= 0.3 is 6.18 Å². The van der Waals surface area contributed by atoms with Gasteiger partial charge in [0.25, 0.3) is 0 Å². The molecule has 0 fully saturated rings. The van der Waals surface area contributed by atoms with Crippen LogP contribution >= 0.6 is 0 Å². The maximum absolute atomic E-state index is 12.9. The molecule has 0 aliphatic carbocycles. The van der Waals surface area contributed by atoms with Crippen molar-refractivity contribution in [1.29, 1.82) is 0 Å². The lowest BCUT2D eigenvalue weighted by atomic mass is 10.3. The quantitative estimate of drug-likeness (QED) is 0.688. The lowest BCUT2D eigenvalue weighted by Gasteiger charge is -2.09. The number of nitrogens with zero attached hydrogens (tertiary/aromatic N) is 2. The van der Waals surface area contributed by atoms with E-state index in [4.69, 9.17) is 0 Å². The van der Waals surface area contributed by atoms with E-state index in [1.54, 1.807) is 0 Å². The molecule has 0 aliphatic heterocycles. The molecule has 84 valence electrons. The van der Waals surface area contributed by atoms with Crippen LogP contribution in [0.15, 0.2) is 36.5 Å². The summed E-state index contributed by atoms with van der Waals surface area (Å²) in [7, 11) is 0. The predicted octanol–water partition coefficient (Wildman–Crippen LogP) is 3.03. The highest BCUT2D eigenvalue weighted by Crippen LogP contribution is 2.30. The predicted molar refractivity (Wildman–Crippen MR) is 48.5 cm³/mol. The number of alkyl halides is 3. The summed E-state index contributed by atoms with van der Waals surface area (Å²) in [5, 5.41) is 3.52. The fraction of sp³-hybridized carbons (Fsp3) is 0.100. The first kappa shape index (κ1) is 10.7. The largest absolute Gasteiger partial charge is 0.433 e. The summed E-state index contributed by atoms with van der Waals surface area (Å²) >= 11 is 0. The SMILES string of the molecule is Fc1cccc(-n2nccc2C(F)(F)F)c1. The minimum atomic E-state index is -4.51. The number of hydrogen-bond donors (Lipinski definition) is 0. The van der Waals surface area contributed by atoms with Crippen LogP contribution in [-0.4, -0.2) is 9.78 Å². The van der Waals surface area contributed by atoms with Gasteiger partial charge in [0, 0.05) is 0 Å². The van der Waals surface area contributed by atoms with E-state index >= 15 is 0 Å². The van der Waals surface area contributed by atoms with Gasteiger partial charge in [-0.25, -0.2) is 9.07 Å². The van der Waals surface area contributed by atoms with Gasteiger partial charge in [-0.05, 0) is 24.3 Å². The van der Waals surface area contributed by atoms with Gasteiger partial charge in [-0.1, -0.05) is 6.07 Å². The molecule has 0 N–H and O–H groups in total. The summed E-state index contributed by atoms with van der Waals surface area (Å²) in [5.74, 6) is -0.610. The minimum absolute atomic E-state index is 0.0392. The Balaban J connectivity index is 2.53. The van der Waals surface area contributed by atoms with Crippen molar-refractivity contribution in [3.8, 4) is 5.69 Å².